The predicted octanol–water partition coefficient (Wildman–Crippen LogP) is -4.47. The lowest BCUT2D eigenvalue weighted by molar-refractivity contribution is -0.143. The quantitative estimate of drug-likeness (QED) is 0.0702. The number of likely N-dealkylation sites (tertiary alicyclic amines) is 1. The molecule has 0 aromatic heterocycles. The molecular weight excluding hydrogens is 924 g/mol. The van der Waals surface area contributed by atoms with Gasteiger partial charge in [-0.1, -0.05) is 46.2 Å². The predicted molar refractivity (Wildman–Crippen MR) is 244 cm³/mol. The van der Waals surface area contributed by atoms with Crippen molar-refractivity contribution in [3.8, 4) is 5.75 Å². The number of rotatable bonds is 17. The normalized spacial score (nSPS) is 24.0. The summed E-state index contributed by atoms with van der Waals surface area (Å²) in [6, 6.07) is -5.40. The molecule has 2 aliphatic heterocycles. The highest BCUT2D eigenvalue weighted by Crippen LogP contribution is 2.23. The van der Waals surface area contributed by atoms with Crippen molar-refractivity contribution in [1.82, 2.24) is 47.4 Å². The van der Waals surface area contributed by atoms with E-state index in [2.05, 4.69) is 42.5 Å². The lowest BCUT2D eigenvalue weighted by atomic mass is 9.96. The van der Waals surface area contributed by atoms with Crippen LogP contribution < -0.4 is 59.7 Å². The van der Waals surface area contributed by atoms with Crippen LogP contribution in [0.1, 0.15) is 84.6 Å². The average Bonchev–Trinajstić information content (AvgIpc) is 3.69. The molecule has 386 valence electrons. The molecule has 2 fully saturated rings. The SMILES string of the molecule is CC[C@H](C)[C@@H]1NC(=O)[C@H](Cc2ccc(O)cc2)NC(=O)CCC(=O)NC[C@@H](C(=O)N2C[C@H](F)C[C@H]2C(=O)N[C@@H](CC(C)C)C(=O)NCC(N)=O)NC(=O)[C@H](CC(N)=O)NC(=O)C(CCC(N)=O)NC1=O. The van der Waals surface area contributed by atoms with E-state index in [9.17, 15) is 62.6 Å². The number of nitrogens with one attached hydrogen (secondary N) is 8. The summed E-state index contributed by atoms with van der Waals surface area (Å²) in [5.41, 5.74) is 16.4. The number of phenols is 1. The number of amides is 12. The third-order valence-electron chi connectivity index (χ3n) is 11.5. The van der Waals surface area contributed by atoms with E-state index in [4.69, 9.17) is 17.2 Å². The van der Waals surface area contributed by atoms with Crippen molar-refractivity contribution in [2.24, 2.45) is 29.0 Å². The molecule has 0 spiro atoms. The van der Waals surface area contributed by atoms with Gasteiger partial charge in [0, 0.05) is 38.6 Å². The lowest BCUT2D eigenvalue weighted by Crippen LogP contribution is -2.62. The molecule has 0 radical (unpaired) electrons. The molecule has 0 bridgehead atoms. The first-order chi connectivity index (χ1) is 32.9. The van der Waals surface area contributed by atoms with Gasteiger partial charge in [-0.2, -0.15) is 0 Å². The summed E-state index contributed by atoms with van der Waals surface area (Å²) < 4.78 is 15.2. The van der Waals surface area contributed by atoms with E-state index < -0.39 is 183 Å². The third-order valence-corrected chi connectivity index (χ3v) is 11.5. The molecule has 25 nitrogen and oxygen atoms in total. The van der Waals surface area contributed by atoms with Crippen LogP contribution in [-0.2, 0) is 64.0 Å². The minimum Gasteiger partial charge on any atom is -0.508 e. The average molecular weight is 989 g/mol. The van der Waals surface area contributed by atoms with Crippen LogP contribution in [-0.4, -0.2) is 149 Å². The van der Waals surface area contributed by atoms with Gasteiger partial charge in [0.05, 0.1) is 19.5 Å². The molecular formula is C44H65FN12O13. The van der Waals surface area contributed by atoms with E-state index in [-0.39, 0.29) is 24.5 Å². The fourth-order valence-electron chi connectivity index (χ4n) is 7.55. The van der Waals surface area contributed by atoms with Crippen molar-refractivity contribution in [2.45, 2.75) is 134 Å². The molecule has 0 aliphatic carbocycles. The number of alkyl halides is 1. The number of halogens is 1. The number of primary amides is 3. The zero-order valence-corrected chi connectivity index (χ0v) is 39.5. The van der Waals surface area contributed by atoms with Gasteiger partial charge in [-0.3, -0.25) is 57.5 Å². The van der Waals surface area contributed by atoms with Gasteiger partial charge in [0.15, 0.2) is 0 Å². The first-order valence-electron chi connectivity index (χ1n) is 22.8. The van der Waals surface area contributed by atoms with Gasteiger partial charge in [-0.15, -0.1) is 0 Å². The van der Waals surface area contributed by atoms with Gasteiger partial charge in [0.25, 0.3) is 0 Å². The fraction of sp³-hybridized carbons (Fsp3) is 0.591. The number of hydrogen-bond acceptors (Lipinski definition) is 13. The standard InChI is InChI=1S/C44H65FN12O13/c1-5-22(4)37-43(69)52-26(10-11-32(46)59)39(65)53-29(17-33(47)60)40(66)55-30(18-49-35(62)12-13-36(63)51-28(41(67)56-37)15-23-6-8-25(58)9-7-23)44(70)57-20-24(45)16-31(57)42(68)54-27(14-21(2)3)38(64)50-19-34(48)61/h6-9,21-22,24,26-31,37,58H,5,10-20H2,1-4H3,(H2,46,59)(H2,47,60)(H2,48,61)(H,49,62)(H,50,64)(H,51,63)(H,52,69)(H,53,65)(H,54,68)(H,55,66)(H,56,67)/t22-,24+,26?,27-,28-,29-,30-,31-,37-/m0/s1. The number of benzene rings is 1. The van der Waals surface area contributed by atoms with E-state index in [1.165, 1.54) is 24.3 Å². The van der Waals surface area contributed by atoms with Crippen molar-refractivity contribution < 1.29 is 67.0 Å². The van der Waals surface area contributed by atoms with Crippen LogP contribution >= 0.6 is 0 Å². The Bertz CT molecular complexity index is 2130. The number of nitrogens with two attached hydrogens (primary N) is 3. The van der Waals surface area contributed by atoms with E-state index in [1.54, 1.807) is 27.7 Å². The zero-order valence-electron chi connectivity index (χ0n) is 39.5. The Morgan fingerprint density at radius 2 is 1.40 bits per heavy atom. The maximum Gasteiger partial charge on any atom is 0.247 e. The highest BCUT2D eigenvalue weighted by Gasteiger charge is 2.44. The second-order valence-electron chi connectivity index (χ2n) is 17.7. The molecule has 2 heterocycles. The number of carbonyl (C=O) groups is 12. The van der Waals surface area contributed by atoms with Crippen molar-refractivity contribution in [3.05, 3.63) is 29.8 Å². The van der Waals surface area contributed by atoms with E-state index in [1.807, 2.05) is 0 Å². The largest absolute Gasteiger partial charge is 0.508 e. The minimum absolute atomic E-state index is 0.0452. The Labute approximate surface area is 402 Å². The molecule has 1 aromatic rings. The molecule has 12 amide bonds. The third kappa shape index (κ3) is 18.2. The molecule has 1 unspecified atom stereocenters. The van der Waals surface area contributed by atoms with E-state index >= 15 is 4.39 Å². The Hall–Kier alpha value is -7.41. The van der Waals surface area contributed by atoms with Crippen LogP contribution in [0.5, 0.6) is 5.75 Å². The molecule has 0 saturated carbocycles. The summed E-state index contributed by atoms with van der Waals surface area (Å²) in [7, 11) is 0. The van der Waals surface area contributed by atoms with Crippen molar-refractivity contribution in [1.29, 1.82) is 0 Å². The molecule has 3 rings (SSSR count). The zero-order chi connectivity index (χ0) is 52.4. The lowest BCUT2D eigenvalue weighted by Gasteiger charge is -2.31. The van der Waals surface area contributed by atoms with Gasteiger partial charge in [-0.05, 0) is 42.4 Å². The Kier molecular flexibility index (Phi) is 21.9. The molecule has 70 heavy (non-hydrogen) atoms. The Balaban J connectivity index is 2.08. The molecule has 26 heteroatoms. The summed E-state index contributed by atoms with van der Waals surface area (Å²) in [5, 5.41) is 29.2. The van der Waals surface area contributed by atoms with Crippen molar-refractivity contribution >= 4 is 70.9 Å². The monoisotopic (exact) mass is 988 g/mol. The summed E-state index contributed by atoms with van der Waals surface area (Å²) in [4.78, 5) is 160. The van der Waals surface area contributed by atoms with Gasteiger partial charge >= 0.3 is 0 Å². The summed E-state index contributed by atoms with van der Waals surface area (Å²) >= 11 is 0. The van der Waals surface area contributed by atoms with E-state index in [0.717, 1.165) is 4.90 Å². The van der Waals surface area contributed by atoms with Crippen LogP contribution in [0.25, 0.3) is 0 Å². The minimum atomic E-state index is -1.91. The molecule has 9 atom stereocenters. The second kappa shape index (κ2) is 27.0. The fourth-order valence-corrected chi connectivity index (χ4v) is 7.55. The number of aromatic hydroxyl groups is 1. The first kappa shape index (κ1) is 56.9. The molecule has 2 saturated heterocycles. The second-order valence-corrected chi connectivity index (χ2v) is 17.7. The topological polar surface area (TPSA) is 403 Å². The Morgan fingerprint density at radius 3 is 2.00 bits per heavy atom. The van der Waals surface area contributed by atoms with Gasteiger partial charge in [0.2, 0.25) is 70.9 Å². The smallest absolute Gasteiger partial charge is 0.247 e. The summed E-state index contributed by atoms with van der Waals surface area (Å²) in [5.74, 6) is -12.6. The molecule has 15 N–H and O–H groups in total. The highest BCUT2D eigenvalue weighted by atomic mass is 19.1. The molecule has 1 aromatic carbocycles. The van der Waals surface area contributed by atoms with Crippen LogP contribution in [0.3, 0.4) is 0 Å². The van der Waals surface area contributed by atoms with Gasteiger partial charge in [0.1, 0.15) is 54.2 Å². The summed E-state index contributed by atoms with van der Waals surface area (Å²) in [6.45, 7) is 4.74. The highest BCUT2D eigenvalue weighted by molar-refractivity contribution is 6.00. The number of carbonyl (C=O) groups excluding carboxylic acids is 12. The molecule has 2 aliphatic rings. The number of hydrogen-bond donors (Lipinski definition) is 12. The van der Waals surface area contributed by atoms with Crippen LogP contribution in [0.2, 0.25) is 0 Å². The van der Waals surface area contributed by atoms with Crippen LogP contribution in [0.15, 0.2) is 24.3 Å². The maximum atomic E-state index is 15.2. The number of phenolic OH excluding ortho intramolecular Hbond substituents is 1. The first-order valence-corrected chi connectivity index (χ1v) is 22.8. The van der Waals surface area contributed by atoms with Crippen molar-refractivity contribution in [3.63, 3.8) is 0 Å². The van der Waals surface area contributed by atoms with Crippen LogP contribution in [0.4, 0.5) is 4.39 Å². The van der Waals surface area contributed by atoms with Gasteiger partial charge < -0.3 is 69.7 Å². The van der Waals surface area contributed by atoms with Crippen molar-refractivity contribution in [2.75, 3.05) is 19.6 Å². The maximum absolute atomic E-state index is 15.2. The van der Waals surface area contributed by atoms with Crippen LogP contribution in [0, 0.1) is 11.8 Å². The van der Waals surface area contributed by atoms with E-state index in [0.29, 0.717) is 12.0 Å². The Morgan fingerprint density at radius 1 is 0.786 bits per heavy atom. The summed E-state index contributed by atoms with van der Waals surface area (Å²) in [6.07, 6.45) is -5.16. The van der Waals surface area contributed by atoms with Gasteiger partial charge in [-0.25, -0.2) is 4.39 Å². The number of nitrogens with zero attached hydrogens (tertiary/aromatic N) is 1.